The van der Waals surface area contributed by atoms with E-state index < -0.39 is 5.25 Å². The van der Waals surface area contributed by atoms with Crippen LogP contribution in [0, 0.1) is 5.92 Å². The van der Waals surface area contributed by atoms with Crippen molar-refractivity contribution in [3.05, 3.63) is 59.3 Å². The van der Waals surface area contributed by atoms with Crippen LogP contribution in [0.25, 0.3) is 5.70 Å². The van der Waals surface area contributed by atoms with Gasteiger partial charge in [-0.05, 0) is 36.6 Å². The van der Waals surface area contributed by atoms with Crippen LogP contribution in [-0.4, -0.2) is 22.0 Å². The first-order chi connectivity index (χ1) is 12.5. The number of hydrogen-bond donors (Lipinski definition) is 1. The van der Waals surface area contributed by atoms with Crippen LogP contribution < -0.4 is 10.6 Å². The molecule has 0 spiro atoms. The summed E-state index contributed by atoms with van der Waals surface area (Å²) in [7, 11) is 0. The van der Waals surface area contributed by atoms with Crippen LogP contribution in [0.1, 0.15) is 25.1 Å². The third-order valence-electron chi connectivity index (χ3n) is 4.50. The van der Waals surface area contributed by atoms with E-state index in [1.165, 1.54) is 16.7 Å². The zero-order chi connectivity index (χ0) is 18.4. The predicted octanol–water partition coefficient (Wildman–Crippen LogP) is 3.00. The van der Waals surface area contributed by atoms with Gasteiger partial charge in [-0.3, -0.25) is 9.59 Å². The number of hydrogen-bond acceptors (Lipinski definition) is 5. The Hall–Kier alpha value is -2.60. The number of anilines is 1. The molecule has 2 aromatic rings. The summed E-state index contributed by atoms with van der Waals surface area (Å²) < 4.78 is 0. The SMILES string of the molecule is CC(C)Cc1ccc2c(n1)S[C@@H]1C(=O)N(c3ccccc3)C(=O)C1=C2N. The number of carbonyl (C=O) groups is 2. The number of benzene rings is 1. The quantitative estimate of drug-likeness (QED) is 0.846. The number of amides is 2. The standard InChI is InChI=1S/C20H19N3O2S/c1-11(2)10-12-8-9-14-16(21)15-17(26-18(14)22-12)20(25)23(19(15)24)13-6-4-3-5-7-13/h3-9,11,17H,10,21H2,1-2H3/t17-/m0/s1. The highest BCUT2D eigenvalue weighted by Gasteiger charge is 2.48. The van der Waals surface area contributed by atoms with E-state index in [4.69, 9.17) is 5.73 Å². The molecule has 0 unspecified atom stereocenters. The Balaban J connectivity index is 1.76. The van der Waals surface area contributed by atoms with Crippen LogP contribution in [-0.2, 0) is 16.0 Å². The molecule has 5 nitrogen and oxygen atoms in total. The number of imide groups is 1. The molecule has 1 atom stereocenters. The van der Waals surface area contributed by atoms with Gasteiger partial charge in [-0.15, -0.1) is 0 Å². The fraction of sp³-hybridized carbons (Fsp3) is 0.250. The number of nitrogens with zero attached hydrogens (tertiary/aromatic N) is 2. The van der Waals surface area contributed by atoms with Crippen molar-refractivity contribution in [1.82, 2.24) is 4.98 Å². The van der Waals surface area contributed by atoms with Gasteiger partial charge < -0.3 is 5.73 Å². The zero-order valence-corrected chi connectivity index (χ0v) is 15.4. The Morgan fingerprint density at radius 2 is 1.88 bits per heavy atom. The smallest absolute Gasteiger partial charge is 0.264 e. The number of carbonyl (C=O) groups excluding carboxylic acids is 2. The topological polar surface area (TPSA) is 76.3 Å². The molecule has 6 heteroatoms. The molecule has 26 heavy (non-hydrogen) atoms. The number of fused-ring (bicyclic) bond motifs is 2. The lowest BCUT2D eigenvalue weighted by Gasteiger charge is -2.20. The second kappa shape index (κ2) is 6.29. The van der Waals surface area contributed by atoms with Gasteiger partial charge in [-0.1, -0.05) is 43.8 Å². The zero-order valence-electron chi connectivity index (χ0n) is 14.6. The summed E-state index contributed by atoms with van der Waals surface area (Å²) in [5.74, 6) is -0.111. The van der Waals surface area contributed by atoms with E-state index in [1.807, 2.05) is 18.2 Å². The van der Waals surface area contributed by atoms with Crippen molar-refractivity contribution in [3.8, 4) is 0 Å². The maximum atomic E-state index is 12.9. The van der Waals surface area contributed by atoms with Gasteiger partial charge in [-0.2, -0.15) is 0 Å². The molecule has 4 rings (SSSR count). The van der Waals surface area contributed by atoms with Crippen molar-refractivity contribution in [2.45, 2.75) is 30.5 Å². The van der Waals surface area contributed by atoms with Crippen LogP contribution in [0.3, 0.4) is 0 Å². The van der Waals surface area contributed by atoms with Crippen LogP contribution >= 0.6 is 11.8 Å². The van der Waals surface area contributed by atoms with Crippen molar-refractivity contribution in [1.29, 1.82) is 0 Å². The summed E-state index contributed by atoms with van der Waals surface area (Å²) in [5, 5.41) is 0.0995. The van der Waals surface area contributed by atoms with E-state index in [1.54, 1.807) is 24.3 Å². The van der Waals surface area contributed by atoms with Gasteiger partial charge in [0.25, 0.3) is 11.8 Å². The summed E-state index contributed by atoms with van der Waals surface area (Å²) in [6, 6.07) is 12.8. The minimum absolute atomic E-state index is 0.258. The molecule has 1 aromatic heterocycles. The number of aromatic nitrogens is 1. The Labute approximate surface area is 156 Å². The highest BCUT2D eigenvalue weighted by molar-refractivity contribution is 8.01. The van der Waals surface area contributed by atoms with E-state index in [9.17, 15) is 9.59 Å². The lowest BCUT2D eigenvalue weighted by atomic mass is 10.0. The second-order valence-corrected chi connectivity index (χ2v) is 7.99. The Morgan fingerprint density at radius 3 is 2.58 bits per heavy atom. The third kappa shape index (κ3) is 2.61. The summed E-state index contributed by atoms with van der Waals surface area (Å²) in [6.07, 6.45) is 0.859. The Morgan fingerprint density at radius 1 is 1.15 bits per heavy atom. The minimum Gasteiger partial charge on any atom is -0.398 e. The Kier molecular flexibility index (Phi) is 4.07. The summed E-state index contributed by atoms with van der Waals surface area (Å²) in [4.78, 5) is 31.8. The molecule has 2 amide bonds. The molecule has 1 fully saturated rings. The van der Waals surface area contributed by atoms with Crippen LogP contribution in [0.4, 0.5) is 5.69 Å². The van der Waals surface area contributed by atoms with Gasteiger partial charge in [0.2, 0.25) is 0 Å². The normalized spacial score (nSPS) is 19.2. The van der Waals surface area contributed by atoms with Crippen molar-refractivity contribution < 1.29 is 9.59 Å². The predicted molar refractivity (Wildman–Crippen MR) is 102 cm³/mol. The largest absolute Gasteiger partial charge is 0.398 e. The summed E-state index contributed by atoms with van der Waals surface area (Å²) in [5.41, 5.74) is 9.31. The molecule has 0 radical (unpaired) electrons. The first-order valence-corrected chi connectivity index (χ1v) is 9.45. The van der Waals surface area contributed by atoms with Crippen LogP contribution in [0.5, 0.6) is 0 Å². The van der Waals surface area contributed by atoms with E-state index >= 15 is 0 Å². The molecular weight excluding hydrogens is 346 g/mol. The number of para-hydroxylation sites is 1. The maximum absolute atomic E-state index is 12.9. The fourth-order valence-electron chi connectivity index (χ4n) is 3.32. The summed E-state index contributed by atoms with van der Waals surface area (Å²) >= 11 is 1.32. The highest BCUT2D eigenvalue weighted by atomic mass is 32.2. The van der Waals surface area contributed by atoms with Crippen molar-refractivity contribution in [3.63, 3.8) is 0 Å². The van der Waals surface area contributed by atoms with Gasteiger partial charge in [-0.25, -0.2) is 9.88 Å². The molecule has 0 saturated carbocycles. The highest BCUT2D eigenvalue weighted by Crippen LogP contribution is 2.44. The molecule has 132 valence electrons. The molecule has 2 aliphatic rings. The van der Waals surface area contributed by atoms with Crippen molar-refractivity contribution >= 4 is 35.0 Å². The number of pyridine rings is 1. The van der Waals surface area contributed by atoms with Gasteiger partial charge in [0, 0.05) is 11.3 Å². The average Bonchev–Trinajstić information content (AvgIpc) is 2.86. The lowest BCUT2D eigenvalue weighted by molar-refractivity contribution is -0.120. The van der Waals surface area contributed by atoms with E-state index in [2.05, 4.69) is 18.8 Å². The van der Waals surface area contributed by atoms with Crippen molar-refractivity contribution in [2.75, 3.05) is 4.90 Å². The van der Waals surface area contributed by atoms with E-state index in [0.29, 0.717) is 22.9 Å². The average molecular weight is 365 g/mol. The van der Waals surface area contributed by atoms with Crippen LogP contribution in [0.2, 0.25) is 0 Å². The molecule has 1 saturated heterocycles. The number of rotatable bonds is 3. The summed E-state index contributed by atoms with van der Waals surface area (Å²) in [6.45, 7) is 4.27. The lowest BCUT2D eigenvalue weighted by Crippen LogP contribution is -2.31. The Bertz CT molecular complexity index is 937. The monoisotopic (exact) mass is 365 g/mol. The van der Waals surface area contributed by atoms with Gasteiger partial charge in [0.15, 0.2) is 0 Å². The van der Waals surface area contributed by atoms with Crippen LogP contribution in [0.15, 0.2) is 53.1 Å². The molecule has 3 heterocycles. The molecule has 0 aliphatic carbocycles. The van der Waals surface area contributed by atoms with Crippen molar-refractivity contribution in [2.24, 2.45) is 11.7 Å². The third-order valence-corrected chi connectivity index (χ3v) is 5.71. The van der Waals surface area contributed by atoms with E-state index in [0.717, 1.165) is 22.7 Å². The van der Waals surface area contributed by atoms with Gasteiger partial charge >= 0.3 is 0 Å². The van der Waals surface area contributed by atoms with Gasteiger partial charge in [0.1, 0.15) is 10.3 Å². The first kappa shape index (κ1) is 16.8. The number of nitrogens with two attached hydrogens (primary N) is 1. The second-order valence-electron chi connectivity index (χ2n) is 6.89. The van der Waals surface area contributed by atoms with Gasteiger partial charge in [0.05, 0.1) is 17.0 Å². The fourth-order valence-corrected chi connectivity index (χ4v) is 4.57. The number of thioether (sulfide) groups is 1. The first-order valence-electron chi connectivity index (χ1n) is 8.57. The maximum Gasteiger partial charge on any atom is 0.264 e. The minimum atomic E-state index is -0.628. The molecular formula is C20H19N3O2S. The molecule has 2 N–H and O–H groups in total. The molecule has 2 aliphatic heterocycles. The molecule has 1 aromatic carbocycles. The van der Waals surface area contributed by atoms with E-state index in [-0.39, 0.29) is 11.8 Å². The molecule has 0 bridgehead atoms.